The van der Waals surface area contributed by atoms with Crippen LogP contribution in [0.25, 0.3) is 0 Å². The Morgan fingerprint density at radius 1 is 1.19 bits per heavy atom. The molecule has 1 aliphatic heterocycles. The SMILES string of the molecule is CC(C)N(CC(=O)O)C(=O)CCS(=O)(=O)c1ccc2c(c1)OCCCO2. The lowest BCUT2D eigenvalue weighted by atomic mass is 10.3. The Morgan fingerprint density at radius 2 is 1.85 bits per heavy atom. The minimum absolute atomic E-state index is 0.0453. The predicted octanol–water partition coefficient (Wildman–Crippen LogP) is 1.33. The summed E-state index contributed by atoms with van der Waals surface area (Å²) in [4.78, 5) is 24.3. The first kappa shape index (κ1) is 20.0. The van der Waals surface area contributed by atoms with E-state index in [0.29, 0.717) is 31.1 Å². The highest BCUT2D eigenvalue weighted by molar-refractivity contribution is 7.91. The number of aliphatic carboxylic acids is 1. The predicted molar refractivity (Wildman–Crippen MR) is 93.2 cm³/mol. The molecule has 0 radical (unpaired) electrons. The number of sulfone groups is 1. The van der Waals surface area contributed by atoms with Crippen molar-refractivity contribution in [3.63, 3.8) is 0 Å². The van der Waals surface area contributed by atoms with Gasteiger partial charge in [0, 0.05) is 24.9 Å². The maximum absolute atomic E-state index is 12.5. The van der Waals surface area contributed by atoms with Gasteiger partial charge in [0.1, 0.15) is 6.54 Å². The van der Waals surface area contributed by atoms with Gasteiger partial charge in [0.2, 0.25) is 5.91 Å². The first-order valence-corrected chi connectivity index (χ1v) is 9.99. The van der Waals surface area contributed by atoms with Crippen LogP contribution in [0.15, 0.2) is 23.1 Å². The van der Waals surface area contributed by atoms with Gasteiger partial charge in [0.05, 0.1) is 23.9 Å². The maximum atomic E-state index is 12.5. The van der Waals surface area contributed by atoms with E-state index in [2.05, 4.69) is 0 Å². The highest BCUT2D eigenvalue weighted by Gasteiger charge is 2.24. The van der Waals surface area contributed by atoms with E-state index in [1.165, 1.54) is 12.1 Å². The number of amides is 1. The molecule has 0 aliphatic carbocycles. The Balaban J connectivity index is 2.09. The summed E-state index contributed by atoms with van der Waals surface area (Å²) in [5, 5.41) is 8.89. The van der Waals surface area contributed by atoms with Crippen LogP contribution in [0, 0.1) is 0 Å². The maximum Gasteiger partial charge on any atom is 0.323 e. The van der Waals surface area contributed by atoms with Crippen LogP contribution in [0.1, 0.15) is 26.7 Å². The highest BCUT2D eigenvalue weighted by atomic mass is 32.2. The van der Waals surface area contributed by atoms with Crippen molar-refractivity contribution < 1.29 is 32.6 Å². The molecule has 2 rings (SSSR count). The van der Waals surface area contributed by atoms with Gasteiger partial charge >= 0.3 is 5.97 Å². The van der Waals surface area contributed by atoms with Crippen LogP contribution in [-0.4, -0.2) is 61.9 Å². The summed E-state index contributed by atoms with van der Waals surface area (Å²) < 4.78 is 36.0. The van der Waals surface area contributed by atoms with Gasteiger partial charge in [-0.25, -0.2) is 8.42 Å². The van der Waals surface area contributed by atoms with Crippen molar-refractivity contribution in [2.24, 2.45) is 0 Å². The number of nitrogens with zero attached hydrogens (tertiary/aromatic N) is 1. The highest BCUT2D eigenvalue weighted by Crippen LogP contribution is 2.32. The minimum Gasteiger partial charge on any atom is -0.490 e. The van der Waals surface area contributed by atoms with Crippen LogP contribution >= 0.6 is 0 Å². The average Bonchev–Trinajstić information content (AvgIpc) is 2.82. The van der Waals surface area contributed by atoms with Crippen LogP contribution in [-0.2, 0) is 19.4 Å². The number of hydrogen-bond acceptors (Lipinski definition) is 6. The van der Waals surface area contributed by atoms with E-state index in [4.69, 9.17) is 14.6 Å². The third kappa shape index (κ3) is 5.10. The van der Waals surface area contributed by atoms with Crippen LogP contribution in [0.5, 0.6) is 11.5 Å². The zero-order chi connectivity index (χ0) is 19.3. The van der Waals surface area contributed by atoms with E-state index in [9.17, 15) is 18.0 Å². The molecule has 0 unspecified atom stereocenters. The van der Waals surface area contributed by atoms with Gasteiger partial charge < -0.3 is 19.5 Å². The van der Waals surface area contributed by atoms with E-state index in [-0.39, 0.29) is 17.4 Å². The van der Waals surface area contributed by atoms with Crippen molar-refractivity contribution in [2.45, 2.75) is 37.6 Å². The molecule has 0 aromatic heterocycles. The zero-order valence-electron chi connectivity index (χ0n) is 14.8. The van der Waals surface area contributed by atoms with Crippen LogP contribution in [0.4, 0.5) is 0 Å². The van der Waals surface area contributed by atoms with Crippen LogP contribution in [0.2, 0.25) is 0 Å². The number of carbonyl (C=O) groups excluding carboxylic acids is 1. The molecule has 1 N–H and O–H groups in total. The number of fused-ring (bicyclic) bond motifs is 1. The fourth-order valence-corrected chi connectivity index (χ4v) is 3.77. The lowest BCUT2D eigenvalue weighted by molar-refractivity contribution is -0.145. The van der Waals surface area contributed by atoms with Crippen LogP contribution in [0.3, 0.4) is 0 Å². The van der Waals surface area contributed by atoms with Gasteiger partial charge in [-0.1, -0.05) is 0 Å². The van der Waals surface area contributed by atoms with E-state index in [1.807, 2.05) is 0 Å². The normalized spacial score (nSPS) is 14.0. The van der Waals surface area contributed by atoms with E-state index < -0.39 is 34.0 Å². The van der Waals surface area contributed by atoms with Crippen molar-refractivity contribution in [3.8, 4) is 11.5 Å². The molecule has 0 fully saturated rings. The van der Waals surface area contributed by atoms with Crippen molar-refractivity contribution >= 4 is 21.7 Å². The molecule has 1 aromatic carbocycles. The molecule has 144 valence electrons. The molecule has 26 heavy (non-hydrogen) atoms. The molecule has 9 heteroatoms. The number of rotatable bonds is 7. The monoisotopic (exact) mass is 385 g/mol. The summed E-state index contributed by atoms with van der Waals surface area (Å²) in [6, 6.07) is 4.03. The van der Waals surface area contributed by atoms with Gasteiger partial charge in [-0.3, -0.25) is 9.59 Å². The largest absolute Gasteiger partial charge is 0.490 e. The molecular formula is C17H23NO7S. The van der Waals surface area contributed by atoms with Gasteiger partial charge in [-0.2, -0.15) is 0 Å². The molecule has 8 nitrogen and oxygen atoms in total. The number of carbonyl (C=O) groups is 2. The smallest absolute Gasteiger partial charge is 0.323 e. The molecule has 1 aromatic rings. The summed E-state index contributed by atoms with van der Waals surface area (Å²) in [5.41, 5.74) is 0. The molecule has 1 amide bonds. The summed E-state index contributed by atoms with van der Waals surface area (Å²) in [7, 11) is -3.72. The standard InChI is InChI=1S/C17H23NO7S/c1-12(2)18(11-17(20)21)16(19)6-9-26(22,23)13-4-5-14-15(10-13)25-8-3-7-24-14/h4-5,10,12H,3,6-9,11H2,1-2H3,(H,20,21). The Morgan fingerprint density at radius 3 is 2.46 bits per heavy atom. The second-order valence-corrected chi connectivity index (χ2v) is 8.35. The molecule has 0 saturated carbocycles. The second-order valence-electron chi connectivity index (χ2n) is 6.24. The molecule has 0 spiro atoms. The van der Waals surface area contributed by atoms with Gasteiger partial charge in [0.15, 0.2) is 21.3 Å². The Kier molecular flexibility index (Phi) is 6.47. The summed E-state index contributed by atoms with van der Waals surface area (Å²) in [6.45, 7) is 3.84. The van der Waals surface area contributed by atoms with Gasteiger partial charge in [-0.15, -0.1) is 0 Å². The zero-order valence-corrected chi connectivity index (χ0v) is 15.6. The molecule has 1 heterocycles. The fourth-order valence-electron chi connectivity index (χ4n) is 2.52. The lowest BCUT2D eigenvalue weighted by Gasteiger charge is -2.24. The average molecular weight is 385 g/mol. The van der Waals surface area contributed by atoms with Crippen molar-refractivity contribution in [1.82, 2.24) is 4.90 Å². The Bertz CT molecular complexity index is 773. The first-order chi connectivity index (χ1) is 12.2. The fraction of sp³-hybridized carbons (Fsp3) is 0.529. The van der Waals surface area contributed by atoms with Crippen molar-refractivity contribution in [1.29, 1.82) is 0 Å². The number of hydrogen-bond donors (Lipinski definition) is 1. The molecule has 0 bridgehead atoms. The Labute approximate surface area is 152 Å². The van der Waals surface area contributed by atoms with E-state index in [0.717, 1.165) is 4.90 Å². The quantitative estimate of drug-likeness (QED) is 0.754. The minimum atomic E-state index is -3.72. The van der Waals surface area contributed by atoms with Crippen LogP contribution < -0.4 is 9.47 Å². The number of carboxylic acids is 1. The van der Waals surface area contributed by atoms with E-state index in [1.54, 1.807) is 19.9 Å². The first-order valence-electron chi connectivity index (χ1n) is 8.34. The summed E-state index contributed by atoms with van der Waals surface area (Å²) in [5.74, 6) is -1.21. The molecular weight excluding hydrogens is 362 g/mol. The third-order valence-corrected chi connectivity index (χ3v) is 5.63. The number of benzene rings is 1. The van der Waals surface area contributed by atoms with Crippen molar-refractivity contribution in [3.05, 3.63) is 18.2 Å². The van der Waals surface area contributed by atoms with Crippen molar-refractivity contribution in [2.75, 3.05) is 25.5 Å². The van der Waals surface area contributed by atoms with Gasteiger partial charge in [-0.05, 0) is 26.0 Å². The molecule has 0 saturated heterocycles. The van der Waals surface area contributed by atoms with Gasteiger partial charge in [0.25, 0.3) is 0 Å². The summed E-state index contributed by atoms with van der Waals surface area (Å²) >= 11 is 0. The third-order valence-electron chi connectivity index (χ3n) is 3.91. The number of carboxylic acid groups (broad SMARTS) is 1. The Hall–Kier alpha value is -2.29. The molecule has 0 atom stereocenters. The summed E-state index contributed by atoms with van der Waals surface area (Å²) in [6.07, 6.45) is 0.419. The molecule has 1 aliphatic rings. The lowest BCUT2D eigenvalue weighted by Crippen LogP contribution is -2.41. The number of ether oxygens (including phenoxy) is 2. The second kappa shape index (κ2) is 8.39. The topological polar surface area (TPSA) is 110 Å². The van der Waals surface area contributed by atoms with E-state index >= 15 is 0 Å².